The Morgan fingerprint density at radius 2 is 1.70 bits per heavy atom. The zero-order chi connectivity index (χ0) is 14.8. The van der Waals surface area contributed by atoms with Crippen molar-refractivity contribution in [2.75, 3.05) is 0 Å². The molecule has 0 aromatic heterocycles. The second kappa shape index (κ2) is 6.13. The van der Waals surface area contributed by atoms with E-state index in [0.29, 0.717) is 28.5 Å². The van der Waals surface area contributed by atoms with Crippen molar-refractivity contribution in [1.82, 2.24) is 0 Å². The molecule has 0 aliphatic carbocycles. The van der Waals surface area contributed by atoms with E-state index in [9.17, 15) is 4.39 Å². The fourth-order valence-corrected chi connectivity index (χ4v) is 2.71. The fourth-order valence-electron chi connectivity index (χ4n) is 2.24. The number of hydrogen-bond donors (Lipinski definition) is 1. The van der Waals surface area contributed by atoms with Gasteiger partial charge in [0.05, 0.1) is 0 Å². The van der Waals surface area contributed by atoms with Crippen molar-refractivity contribution in [3.63, 3.8) is 0 Å². The molecule has 20 heavy (non-hydrogen) atoms. The first-order valence-electron chi connectivity index (χ1n) is 6.34. The average molecular weight is 312 g/mol. The second-order valence-electron chi connectivity index (χ2n) is 5.33. The maximum absolute atomic E-state index is 13.7. The highest BCUT2D eigenvalue weighted by Crippen LogP contribution is 2.25. The number of halogens is 3. The normalized spacial score (nSPS) is 14.1. The van der Waals surface area contributed by atoms with E-state index in [1.54, 1.807) is 24.3 Å². The quantitative estimate of drug-likeness (QED) is 0.875. The summed E-state index contributed by atoms with van der Waals surface area (Å²) in [5.74, 6) is -0.230. The summed E-state index contributed by atoms with van der Waals surface area (Å²) in [4.78, 5) is 0. The largest absolute Gasteiger partial charge is 0.325 e. The molecule has 2 rings (SSSR count). The van der Waals surface area contributed by atoms with Gasteiger partial charge in [-0.2, -0.15) is 0 Å². The Bertz CT molecular complexity index is 611. The van der Waals surface area contributed by atoms with Gasteiger partial charge in [0.25, 0.3) is 0 Å². The molecule has 0 radical (unpaired) electrons. The molecule has 0 saturated carbocycles. The molecule has 0 heterocycles. The van der Waals surface area contributed by atoms with Gasteiger partial charge >= 0.3 is 0 Å². The molecule has 1 atom stereocenters. The van der Waals surface area contributed by atoms with Crippen molar-refractivity contribution >= 4 is 23.2 Å². The highest BCUT2D eigenvalue weighted by Gasteiger charge is 2.22. The predicted molar refractivity (Wildman–Crippen MR) is 82.9 cm³/mol. The lowest BCUT2D eigenvalue weighted by Crippen LogP contribution is -2.41. The van der Waals surface area contributed by atoms with E-state index in [2.05, 4.69) is 0 Å². The van der Waals surface area contributed by atoms with Crippen LogP contribution in [0.5, 0.6) is 0 Å². The maximum atomic E-state index is 13.7. The van der Waals surface area contributed by atoms with Crippen LogP contribution in [0.1, 0.15) is 18.1 Å². The maximum Gasteiger partial charge on any atom is 0.126 e. The Balaban J connectivity index is 2.17. The molecule has 2 aromatic rings. The smallest absolute Gasteiger partial charge is 0.126 e. The lowest BCUT2D eigenvalue weighted by molar-refractivity contribution is 0.451. The summed E-state index contributed by atoms with van der Waals surface area (Å²) >= 11 is 12.0. The molecule has 0 aliphatic heterocycles. The van der Waals surface area contributed by atoms with Crippen molar-refractivity contribution in [1.29, 1.82) is 0 Å². The summed E-state index contributed by atoms with van der Waals surface area (Å²) in [6.07, 6.45) is 0.996. The first-order chi connectivity index (χ1) is 9.37. The Kier molecular flexibility index (Phi) is 4.69. The average Bonchev–Trinajstić information content (AvgIpc) is 2.35. The molecule has 2 N–H and O–H groups in total. The zero-order valence-corrected chi connectivity index (χ0v) is 12.7. The fraction of sp³-hybridized carbons (Fsp3) is 0.250. The van der Waals surface area contributed by atoms with E-state index >= 15 is 0 Å². The molecular weight excluding hydrogens is 296 g/mol. The van der Waals surface area contributed by atoms with E-state index in [1.807, 2.05) is 19.1 Å². The Morgan fingerprint density at radius 1 is 1.05 bits per heavy atom. The molecule has 0 bridgehead atoms. The summed E-state index contributed by atoms with van der Waals surface area (Å²) in [6.45, 7) is 1.89. The van der Waals surface area contributed by atoms with Crippen LogP contribution in [0.3, 0.4) is 0 Å². The van der Waals surface area contributed by atoms with Gasteiger partial charge in [-0.3, -0.25) is 0 Å². The van der Waals surface area contributed by atoms with Crippen LogP contribution in [-0.2, 0) is 12.8 Å². The van der Waals surface area contributed by atoms with Crippen LogP contribution >= 0.6 is 23.2 Å². The minimum Gasteiger partial charge on any atom is -0.325 e. The monoisotopic (exact) mass is 311 g/mol. The van der Waals surface area contributed by atoms with E-state index in [0.717, 1.165) is 5.56 Å². The summed E-state index contributed by atoms with van der Waals surface area (Å²) in [5.41, 5.74) is 7.24. The third-order valence-electron chi connectivity index (χ3n) is 3.16. The van der Waals surface area contributed by atoms with Gasteiger partial charge in [-0.15, -0.1) is 0 Å². The van der Waals surface area contributed by atoms with Crippen molar-refractivity contribution in [3.05, 3.63) is 69.5 Å². The van der Waals surface area contributed by atoms with Crippen molar-refractivity contribution in [2.24, 2.45) is 5.73 Å². The van der Waals surface area contributed by atoms with Gasteiger partial charge in [0.2, 0.25) is 0 Å². The standard InChI is InChI=1S/C16H16Cl2FN/c1-16(20,10-12-4-2-3-5-15(12)19)9-11-6-7-13(17)8-14(11)18/h2-8H,9-10,20H2,1H3. The molecule has 1 unspecified atom stereocenters. The topological polar surface area (TPSA) is 26.0 Å². The molecular formula is C16H16Cl2FN. The van der Waals surface area contributed by atoms with Crippen LogP contribution < -0.4 is 5.73 Å². The van der Waals surface area contributed by atoms with Crippen molar-refractivity contribution in [2.45, 2.75) is 25.3 Å². The second-order valence-corrected chi connectivity index (χ2v) is 6.18. The van der Waals surface area contributed by atoms with Crippen LogP contribution in [0, 0.1) is 5.82 Å². The highest BCUT2D eigenvalue weighted by molar-refractivity contribution is 6.35. The summed E-state index contributed by atoms with van der Waals surface area (Å²) in [6, 6.07) is 12.0. The van der Waals surface area contributed by atoms with Gasteiger partial charge < -0.3 is 5.73 Å². The van der Waals surface area contributed by atoms with Crippen LogP contribution in [-0.4, -0.2) is 5.54 Å². The van der Waals surface area contributed by atoms with Gasteiger partial charge in [0, 0.05) is 15.6 Å². The van der Waals surface area contributed by atoms with E-state index in [4.69, 9.17) is 28.9 Å². The number of hydrogen-bond acceptors (Lipinski definition) is 1. The van der Waals surface area contributed by atoms with E-state index in [-0.39, 0.29) is 5.82 Å². The molecule has 2 aromatic carbocycles. The van der Waals surface area contributed by atoms with Gasteiger partial charge in [0.1, 0.15) is 5.82 Å². The summed E-state index contributed by atoms with van der Waals surface area (Å²) < 4.78 is 13.7. The molecule has 0 fully saturated rings. The molecule has 0 aliphatic rings. The molecule has 0 spiro atoms. The third kappa shape index (κ3) is 3.95. The van der Waals surface area contributed by atoms with Gasteiger partial charge in [0.15, 0.2) is 0 Å². The Morgan fingerprint density at radius 3 is 2.35 bits per heavy atom. The Hall–Kier alpha value is -1.09. The number of rotatable bonds is 4. The first-order valence-corrected chi connectivity index (χ1v) is 7.09. The minimum absolute atomic E-state index is 0.230. The van der Waals surface area contributed by atoms with Crippen LogP contribution in [0.4, 0.5) is 4.39 Å². The van der Waals surface area contributed by atoms with Crippen molar-refractivity contribution < 1.29 is 4.39 Å². The van der Waals surface area contributed by atoms with Crippen LogP contribution in [0.15, 0.2) is 42.5 Å². The third-order valence-corrected chi connectivity index (χ3v) is 3.75. The summed E-state index contributed by atoms with van der Waals surface area (Å²) in [7, 11) is 0. The lowest BCUT2D eigenvalue weighted by atomic mass is 9.87. The molecule has 0 saturated heterocycles. The molecule has 4 heteroatoms. The minimum atomic E-state index is -0.584. The van der Waals surface area contributed by atoms with E-state index in [1.165, 1.54) is 6.07 Å². The van der Waals surface area contributed by atoms with Gasteiger partial charge in [-0.05, 0) is 49.1 Å². The number of benzene rings is 2. The van der Waals surface area contributed by atoms with Gasteiger partial charge in [-0.1, -0.05) is 47.5 Å². The van der Waals surface area contributed by atoms with Gasteiger partial charge in [-0.25, -0.2) is 4.39 Å². The van der Waals surface area contributed by atoms with E-state index < -0.39 is 5.54 Å². The Labute approximate surface area is 128 Å². The number of nitrogens with two attached hydrogens (primary N) is 1. The molecule has 1 nitrogen and oxygen atoms in total. The predicted octanol–water partition coefficient (Wildman–Crippen LogP) is 4.64. The highest BCUT2D eigenvalue weighted by atomic mass is 35.5. The zero-order valence-electron chi connectivity index (χ0n) is 11.2. The lowest BCUT2D eigenvalue weighted by Gasteiger charge is -2.25. The first kappa shape index (κ1) is 15.3. The molecule has 0 amide bonds. The van der Waals surface area contributed by atoms with Crippen molar-refractivity contribution in [3.8, 4) is 0 Å². The van der Waals surface area contributed by atoms with Crippen LogP contribution in [0.25, 0.3) is 0 Å². The summed E-state index contributed by atoms with van der Waals surface area (Å²) in [5, 5.41) is 1.18. The van der Waals surface area contributed by atoms with Crippen LogP contribution in [0.2, 0.25) is 10.0 Å². The molecule has 106 valence electrons. The SMILES string of the molecule is CC(N)(Cc1ccccc1F)Cc1ccc(Cl)cc1Cl.